The minimum absolute atomic E-state index is 0.122. The fourth-order valence-corrected chi connectivity index (χ4v) is 3.37. The molecule has 0 atom stereocenters. The van der Waals surface area contributed by atoms with Gasteiger partial charge in [-0.2, -0.15) is 0 Å². The second kappa shape index (κ2) is 9.20. The molecule has 0 fully saturated rings. The van der Waals surface area contributed by atoms with Crippen molar-refractivity contribution in [1.29, 1.82) is 0 Å². The summed E-state index contributed by atoms with van der Waals surface area (Å²) in [6.45, 7) is 1.93. The molecule has 0 aliphatic carbocycles. The molecule has 0 saturated heterocycles. The van der Waals surface area contributed by atoms with Crippen molar-refractivity contribution < 1.29 is 19.1 Å². The first kappa shape index (κ1) is 20.3. The summed E-state index contributed by atoms with van der Waals surface area (Å²) in [5.41, 5.74) is 2.76. The van der Waals surface area contributed by atoms with E-state index in [0.29, 0.717) is 27.9 Å². The Labute approximate surface area is 172 Å². The Hall–Kier alpha value is -3.39. The van der Waals surface area contributed by atoms with E-state index in [-0.39, 0.29) is 18.2 Å². The smallest absolute Gasteiger partial charge is 0.257 e. The molecule has 29 heavy (non-hydrogen) atoms. The Morgan fingerprint density at radius 1 is 1.03 bits per heavy atom. The lowest BCUT2D eigenvalue weighted by Gasteiger charge is -2.09. The number of carbonyl (C=O) groups excluding carboxylic acids is 2. The van der Waals surface area contributed by atoms with Gasteiger partial charge < -0.3 is 14.8 Å². The van der Waals surface area contributed by atoms with Gasteiger partial charge >= 0.3 is 0 Å². The summed E-state index contributed by atoms with van der Waals surface area (Å²) in [6, 6.07) is 12.5. The summed E-state index contributed by atoms with van der Waals surface area (Å²) in [5.74, 6) is 0.520. The Bertz CT molecular complexity index is 1030. The lowest BCUT2D eigenvalue weighted by molar-refractivity contribution is -0.115. The largest absolute Gasteiger partial charge is 0.493 e. The van der Waals surface area contributed by atoms with Crippen LogP contribution in [-0.2, 0) is 11.2 Å². The van der Waals surface area contributed by atoms with E-state index in [0.717, 1.165) is 11.3 Å². The van der Waals surface area contributed by atoms with Crippen LogP contribution in [0, 0.1) is 6.92 Å². The summed E-state index contributed by atoms with van der Waals surface area (Å²) in [7, 11) is 3.04. The standard InChI is InChI=1S/C21H21N3O4S/c1-13-6-4-5-7-16(13)23-19(25)11-15-12-29-21(22-15)24-20(26)14-8-9-17(27-2)18(10-14)28-3/h4-10,12H,11H2,1-3H3,(H,23,25)(H,22,24,26). The molecule has 0 spiro atoms. The topological polar surface area (TPSA) is 89.5 Å². The quantitative estimate of drug-likeness (QED) is 0.615. The molecule has 1 heterocycles. The molecule has 150 valence electrons. The maximum Gasteiger partial charge on any atom is 0.257 e. The van der Waals surface area contributed by atoms with E-state index in [9.17, 15) is 9.59 Å². The average Bonchev–Trinajstić information content (AvgIpc) is 3.15. The fourth-order valence-electron chi connectivity index (χ4n) is 2.66. The number of benzene rings is 2. The second-order valence-electron chi connectivity index (χ2n) is 6.21. The van der Waals surface area contributed by atoms with Crippen molar-refractivity contribution in [3.8, 4) is 11.5 Å². The molecule has 3 aromatic rings. The highest BCUT2D eigenvalue weighted by molar-refractivity contribution is 7.14. The third kappa shape index (κ3) is 5.11. The molecule has 8 heteroatoms. The highest BCUT2D eigenvalue weighted by Crippen LogP contribution is 2.28. The molecule has 7 nitrogen and oxygen atoms in total. The molecule has 2 N–H and O–H groups in total. The number of thiazole rings is 1. The van der Waals surface area contributed by atoms with Crippen molar-refractivity contribution in [1.82, 2.24) is 4.98 Å². The molecule has 0 radical (unpaired) electrons. The van der Waals surface area contributed by atoms with Crippen molar-refractivity contribution in [2.24, 2.45) is 0 Å². The van der Waals surface area contributed by atoms with Gasteiger partial charge in [0.1, 0.15) is 0 Å². The number of hydrogen-bond acceptors (Lipinski definition) is 6. The lowest BCUT2D eigenvalue weighted by atomic mass is 10.2. The van der Waals surface area contributed by atoms with Crippen LogP contribution in [0.15, 0.2) is 47.8 Å². The summed E-state index contributed by atoms with van der Waals surface area (Å²) < 4.78 is 10.4. The predicted octanol–water partition coefficient (Wildman–Crippen LogP) is 3.90. The number of aromatic nitrogens is 1. The number of anilines is 2. The highest BCUT2D eigenvalue weighted by Gasteiger charge is 2.14. The molecule has 0 aliphatic heterocycles. The Morgan fingerprint density at radius 2 is 1.79 bits per heavy atom. The van der Waals surface area contributed by atoms with Crippen LogP contribution in [0.4, 0.5) is 10.8 Å². The minimum Gasteiger partial charge on any atom is -0.493 e. The number of nitrogens with one attached hydrogen (secondary N) is 2. The zero-order chi connectivity index (χ0) is 20.8. The minimum atomic E-state index is -0.323. The van der Waals surface area contributed by atoms with Crippen LogP contribution in [-0.4, -0.2) is 31.0 Å². The third-order valence-corrected chi connectivity index (χ3v) is 4.99. The van der Waals surface area contributed by atoms with Gasteiger partial charge in [-0.15, -0.1) is 11.3 Å². The maximum atomic E-state index is 12.5. The fraction of sp³-hybridized carbons (Fsp3) is 0.190. The number of hydrogen-bond donors (Lipinski definition) is 2. The van der Waals surface area contributed by atoms with Crippen LogP contribution in [0.1, 0.15) is 21.6 Å². The van der Waals surface area contributed by atoms with Crippen molar-refractivity contribution in [3.63, 3.8) is 0 Å². The predicted molar refractivity (Wildman–Crippen MR) is 113 cm³/mol. The van der Waals surface area contributed by atoms with E-state index in [1.54, 1.807) is 23.6 Å². The molecule has 2 amide bonds. The van der Waals surface area contributed by atoms with E-state index in [2.05, 4.69) is 15.6 Å². The van der Waals surface area contributed by atoms with Gasteiger partial charge in [0.25, 0.3) is 5.91 Å². The third-order valence-electron chi connectivity index (χ3n) is 4.18. The monoisotopic (exact) mass is 411 g/mol. The molecule has 0 bridgehead atoms. The Morgan fingerprint density at radius 3 is 2.52 bits per heavy atom. The van der Waals surface area contributed by atoms with Gasteiger partial charge in [-0.05, 0) is 36.8 Å². The normalized spacial score (nSPS) is 10.3. The van der Waals surface area contributed by atoms with E-state index < -0.39 is 0 Å². The van der Waals surface area contributed by atoms with E-state index in [4.69, 9.17) is 9.47 Å². The number of amides is 2. The van der Waals surface area contributed by atoms with Crippen LogP contribution in [0.2, 0.25) is 0 Å². The zero-order valence-corrected chi connectivity index (χ0v) is 17.1. The van der Waals surface area contributed by atoms with Crippen LogP contribution < -0.4 is 20.1 Å². The van der Waals surface area contributed by atoms with Gasteiger partial charge in [0.05, 0.1) is 26.3 Å². The van der Waals surface area contributed by atoms with Gasteiger partial charge in [-0.25, -0.2) is 4.98 Å². The molecular formula is C21H21N3O4S. The van der Waals surface area contributed by atoms with Gasteiger partial charge in [-0.1, -0.05) is 18.2 Å². The number of rotatable bonds is 7. The number of para-hydroxylation sites is 1. The van der Waals surface area contributed by atoms with Gasteiger partial charge in [0.2, 0.25) is 5.91 Å². The summed E-state index contributed by atoms with van der Waals surface area (Å²) in [6.07, 6.45) is 0.122. The molecule has 0 saturated carbocycles. The van der Waals surface area contributed by atoms with Crippen LogP contribution in [0.25, 0.3) is 0 Å². The summed E-state index contributed by atoms with van der Waals surface area (Å²) >= 11 is 1.26. The number of nitrogens with zero attached hydrogens (tertiary/aromatic N) is 1. The van der Waals surface area contributed by atoms with E-state index >= 15 is 0 Å². The van der Waals surface area contributed by atoms with Crippen molar-refractivity contribution in [3.05, 3.63) is 64.7 Å². The molecule has 3 rings (SSSR count). The first-order chi connectivity index (χ1) is 14.0. The van der Waals surface area contributed by atoms with Gasteiger partial charge in [0, 0.05) is 16.6 Å². The summed E-state index contributed by atoms with van der Waals surface area (Å²) in [5, 5.41) is 7.78. The summed E-state index contributed by atoms with van der Waals surface area (Å²) in [4.78, 5) is 29.1. The van der Waals surface area contributed by atoms with Gasteiger partial charge in [0.15, 0.2) is 16.6 Å². The van der Waals surface area contributed by atoms with Crippen molar-refractivity contribution >= 4 is 34.0 Å². The zero-order valence-electron chi connectivity index (χ0n) is 16.3. The van der Waals surface area contributed by atoms with E-state index in [1.165, 1.54) is 25.6 Å². The number of ether oxygens (including phenoxy) is 2. The van der Waals surface area contributed by atoms with Crippen LogP contribution >= 0.6 is 11.3 Å². The molecule has 0 aliphatic rings. The van der Waals surface area contributed by atoms with Crippen LogP contribution in [0.5, 0.6) is 11.5 Å². The SMILES string of the molecule is COc1ccc(C(=O)Nc2nc(CC(=O)Nc3ccccc3C)cs2)cc1OC. The lowest BCUT2D eigenvalue weighted by Crippen LogP contribution is -2.15. The van der Waals surface area contributed by atoms with Crippen molar-refractivity contribution in [2.45, 2.75) is 13.3 Å². The van der Waals surface area contributed by atoms with Crippen LogP contribution in [0.3, 0.4) is 0 Å². The molecular weight excluding hydrogens is 390 g/mol. The van der Waals surface area contributed by atoms with E-state index in [1.807, 2.05) is 31.2 Å². The number of aryl methyl sites for hydroxylation is 1. The number of carbonyl (C=O) groups is 2. The number of methoxy groups -OCH3 is 2. The van der Waals surface area contributed by atoms with Gasteiger partial charge in [-0.3, -0.25) is 14.9 Å². The Balaban J connectivity index is 1.62. The van der Waals surface area contributed by atoms with Crippen molar-refractivity contribution in [2.75, 3.05) is 24.9 Å². The molecule has 1 aromatic heterocycles. The highest BCUT2D eigenvalue weighted by atomic mass is 32.1. The molecule has 0 unspecified atom stereocenters. The molecule has 2 aromatic carbocycles. The maximum absolute atomic E-state index is 12.5. The first-order valence-electron chi connectivity index (χ1n) is 8.83. The first-order valence-corrected chi connectivity index (χ1v) is 9.71. The average molecular weight is 411 g/mol. The second-order valence-corrected chi connectivity index (χ2v) is 7.07. The Kier molecular flexibility index (Phi) is 6.46.